The molecular formula is C22H26N2O2S. The van der Waals surface area contributed by atoms with Crippen molar-refractivity contribution in [3.63, 3.8) is 0 Å². The van der Waals surface area contributed by atoms with Crippen LogP contribution in [-0.4, -0.2) is 37.5 Å². The Balaban J connectivity index is 1.34. The number of thioether (sulfide) groups is 1. The highest BCUT2D eigenvalue weighted by molar-refractivity contribution is 8.00. The van der Waals surface area contributed by atoms with Gasteiger partial charge in [0.15, 0.2) is 0 Å². The van der Waals surface area contributed by atoms with Crippen LogP contribution < -0.4 is 10.2 Å². The minimum Gasteiger partial charge on any atom is -0.378 e. The summed E-state index contributed by atoms with van der Waals surface area (Å²) < 4.78 is 5.40. The molecule has 0 bridgehead atoms. The summed E-state index contributed by atoms with van der Waals surface area (Å²) in [5.41, 5.74) is 4.94. The molecule has 1 heterocycles. The van der Waals surface area contributed by atoms with Gasteiger partial charge in [0.25, 0.3) is 0 Å². The number of benzene rings is 2. The average Bonchev–Trinajstić information content (AvgIpc) is 3.17. The van der Waals surface area contributed by atoms with Gasteiger partial charge in [0.1, 0.15) is 0 Å². The minimum atomic E-state index is -0.136. The van der Waals surface area contributed by atoms with Crippen LogP contribution in [0.3, 0.4) is 0 Å². The first-order valence-corrected chi connectivity index (χ1v) is 10.6. The lowest BCUT2D eigenvalue weighted by Gasteiger charge is -2.28. The van der Waals surface area contributed by atoms with Gasteiger partial charge in [-0.25, -0.2) is 0 Å². The van der Waals surface area contributed by atoms with Crippen LogP contribution in [0.25, 0.3) is 0 Å². The van der Waals surface area contributed by atoms with E-state index in [1.54, 1.807) is 11.8 Å². The van der Waals surface area contributed by atoms with Crippen molar-refractivity contribution in [2.75, 3.05) is 36.5 Å². The summed E-state index contributed by atoms with van der Waals surface area (Å²) >= 11 is 1.63. The summed E-state index contributed by atoms with van der Waals surface area (Å²) in [7, 11) is 0. The van der Waals surface area contributed by atoms with E-state index in [4.69, 9.17) is 4.74 Å². The molecule has 1 aliphatic carbocycles. The summed E-state index contributed by atoms with van der Waals surface area (Å²) in [4.78, 5) is 16.1. The fourth-order valence-corrected chi connectivity index (χ4v) is 4.63. The number of aryl methyl sites for hydroxylation is 2. The highest BCUT2D eigenvalue weighted by atomic mass is 32.2. The molecule has 1 aliphatic heterocycles. The molecule has 2 aromatic rings. The molecule has 4 rings (SSSR count). The molecule has 2 aliphatic rings. The van der Waals surface area contributed by atoms with Crippen LogP contribution >= 0.6 is 11.8 Å². The second-order valence-electron chi connectivity index (χ2n) is 7.18. The molecule has 0 aromatic heterocycles. The third-order valence-corrected chi connectivity index (χ3v) is 6.36. The number of rotatable bonds is 5. The zero-order valence-electron chi connectivity index (χ0n) is 15.7. The van der Waals surface area contributed by atoms with E-state index in [9.17, 15) is 4.79 Å². The monoisotopic (exact) mass is 382 g/mol. The third kappa shape index (κ3) is 4.47. The molecule has 1 atom stereocenters. The Morgan fingerprint density at radius 1 is 1.07 bits per heavy atom. The average molecular weight is 383 g/mol. The number of carbonyl (C=O) groups is 1. The normalized spacial score (nSPS) is 17.4. The van der Waals surface area contributed by atoms with Crippen LogP contribution in [0.5, 0.6) is 0 Å². The molecule has 0 unspecified atom stereocenters. The lowest BCUT2D eigenvalue weighted by molar-refractivity contribution is -0.115. The second kappa shape index (κ2) is 8.36. The van der Waals surface area contributed by atoms with E-state index >= 15 is 0 Å². The van der Waals surface area contributed by atoms with Crippen molar-refractivity contribution >= 4 is 29.0 Å². The Morgan fingerprint density at radius 2 is 1.81 bits per heavy atom. The number of fused-ring (bicyclic) bond motifs is 1. The SMILES string of the molecule is C[C@@H](Sc1ccc2c(c1)CCC2)C(=O)Nc1ccc(N2CCOCC2)cc1. The maximum absolute atomic E-state index is 12.6. The van der Waals surface area contributed by atoms with Gasteiger partial charge in [0.2, 0.25) is 5.91 Å². The van der Waals surface area contributed by atoms with Gasteiger partial charge in [0, 0.05) is 29.4 Å². The van der Waals surface area contributed by atoms with Gasteiger partial charge in [-0.05, 0) is 73.7 Å². The molecule has 0 spiro atoms. The molecule has 27 heavy (non-hydrogen) atoms. The van der Waals surface area contributed by atoms with Gasteiger partial charge in [-0.15, -0.1) is 11.8 Å². The van der Waals surface area contributed by atoms with Crippen molar-refractivity contribution < 1.29 is 9.53 Å². The van der Waals surface area contributed by atoms with E-state index in [1.807, 2.05) is 19.1 Å². The molecule has 1 saturated heterocycles. The number of nitrogens with zero attached hydrogens (tertiary/aromatic N) is 1. The van der Waals surface area contributed by atoms with E-state index in [1.165, 1.54) is 41.0 Å². The van der Waals surface area contributed by atoms with Crippen LogP contribution in [0.15, 0.2) is 47.4 Å². The number of hydrogen-bond acceptors (Lipinski definition) is 4. The summed E-state index contributed by atoms with van der Waals surface area (Å²) in [6.45, 7) is 5.35. The highest BCUT2D eigenvalue weighted by Crippen LogP contribution is 2.30. The molecule has 4 nitrogen and oxygen atoms in total. The van der Waals surface area contributed by atoms with Crippen molar-refractivity contribution in [2.24, 2.45) is 0 Å². The number of anilines is 2. The number of morpholine rings is 1. The summed E-state index contributed by atoms with van der Waals surface area (Å²) in [5.74, 6) is 0.0413. The Hall–Kier alpha value is -1.98. The summed E-state index contributed by atoms with van der Waals surface area (Å²) in [6.07, 6.45) is 3.61. The van der Waals surface area contributed by atoms with E-state index in [-0.39, 0.29) is 11.2 Å². The predicted octanol–water partition coefficient (Wildman–Crippen LogP) is 4.13. The van der Waals surface area contributed by atoms with Crippen LogP contribution in [0.1, 0.15) is 24.5 Å². The van der Waals surface area contributed by atoms with Crippen molar-refractivity contribution in [1.82, 2.24) is 0 Å². The Kier molecular flexibility index (Phi) is 5.69. The topological polar surface area (TPSA) is 41.6 Å². The standard InChI is InChI=1S/C22H26N2O2S/c1-16(27-21-10-5-17-3-2-4-18(17)15-21)22(25)23-19-6-8-20(9-7-19)24-11-13-26-14-12-24/h5-10,15-16H,2-4,11-14H2,1H3,(H,23,25)/t16-/m1/s1. The minimum absolute atomic E-state index is 0.0413. The number of ether oxygens (including phenoxy) is 1. The Labute approximate surface area is 165 Å². The van der Waals surface area contributed by atoms with Gasteiger partial charge < -0.3 is 15.0 Å². The van der Waals surface area contributed by atoms with Crippen molar-refractivity contribution in [1.29, 1.82) is 0 Å². The molecule has 5 heteroatoms. The van der Waals surface area contributed by atoms with E-state index < -0.39 is 0 Å². The van der Waals surface area contributed by atoms with Gasteiger partial charge in [-0.2, -0.15) is 0 Å². The van der Waals surface area contributed by atoms with Crippen LogP contribution in [0.4, 0.5) is 11.4 Å². The largest absolute Gasteiger partial charge is 0.378 e. The van der Waals surface area contributed by atoms with Gasteiger partial charge in [-0.1, -0.05) is 6.07 Å². The molecule has 1 amide bonds. The molecule has 0 saturated carbocycles. The van der Waals surface area contributed by atoms with E-state index in [2.05, 4.69) is 40.5 Å². The van der Waals surface area contributed by atoms with Crippen molar-refractivity contribution in [3.8, 4) is 0 Å². The van der Waals surface area contributed by atoms with Gasteiger partial charge in [0.05, 0.1) is 18.5 Å². The second-order valence-corrected chi connectivity index (χ2v) is 8.59. The van der Waals surface area contributed by atoms with E-state index in [0.29, 0.717) is 0 Å². The summed E-state index contributed by atoms with van der Waals surface area (Å²) in [6, 6.07) is 14.7. The molecule has 1 N–H and O–H groups in total. The zero-order valence-corrected chi connectivity index (χ0v) is 16.6. The van der Waals surface area contributed by atoms with Gasteiger partial charge >= 0.3 is 0 Å². The summed E-state index contributed by atoms with van der Waals surface area (Å²) in [5, 5.41) is 2.91. The quantitative estimate of drug-likeness (QED) is 0.790. The number of amides is 1. The lowest BCUT2D eigenvalue weighted by Crippen LogP contribution is -2.36. The fraction of sp³-hybridized carbons (Fsp3) is 0.409. The first kappa shape index (κ1) is 18.4. The van der Waals surface area contributed by atoms with Crippen LogP contribution in [0, 0.1) is 0 Å². The molecule has 1 fully saturated rings. The highest BCUT2D eigenvalue weighted by Gasteiger charge is 2.17. The predicted molar refractivity (Wildman–Crippen MR) is 112 cm³/mol. The molecule has 2 aromatic carbocycles. The third-order valence-electron chi connectivity index (χ3n) is 5.26. The van der Waals surface area contributed by atoms with E-state index in [0.717, 1.165) is 32.0 Å². The molecular weight excluding hydrogens is 356 g/mol. The van der Waals surface area contributed by atoms with Crippen molar-refractivity contribution in [2.45, 2.75) is 36.3 Å². The van der Waals surface area contributed by atoms with Gasteiger partial charge in [-0.3, -0.25) is 4.79 Å². The fourth-order valence-electron chi connectivity index (χ4n) is 3.70. The smallest absolute Gasteiger partial charge is 0.237 e. The first-order valence-electron chi connectivity index (χ1n) is 9.71. The van der Waals surface area contributed by atoms with Crippen LogP contribution in [0.2, 0.25) is 0 Å². The molecule has 0 radical (unpaired) electrons. The first-order chi connectivity index (χ1) is 13.2. The number of hydrogen-bond donors (Lipinski definition) is 1. The maximum Gasteiger partial charge on any atom is 0.237 e. The number of carbonyl (C=O) groups excluding carboxylic acids is 1. The van der Waals surface area contributed by atoms with Crippen molar-refractivity contribution in [3.05, 3.63) is 53.6 Å². The lowest BCUT2D eigenvalue weighted by atomic mass is 10.1. The maximum atomic E-state index is 12.6. The zero-order chi connectivity index (χ0) is 18.6. The molecule has 142 valence electrons. The Bertz CT molecular complexity index is 800. The Morgan fingerprint density at radius 3 is 2.59 bits per heavy atom. The number of nitrogens with one attached hydrogen (secondary N) is 1. The van der Waals surface area contributed by atoms with Crippen LogP contribution in [-0.2, 0) is 22.4 Å².